The number of piperazine rings is 1. The highest BCUT2D eigenvalue weighted by Gasteiger charge is 2.19. The number of nitrogens with zero attached hydrogens (tertiary/aromatic N) is 1. The molecule has 0 aromatic heterocycles. The van der Waals surface area contributed by atoms with E-state index in [1.807, 2.05) is 0 Å². The first kappa shape index (κ1) is 23.2. The van der Waals surface area contributed by atoms with E-state index in [4.69, 9.17) is 4.74 Å². The van der Waals surface area contributed by atoms with E-state index in [-0.39, 0.29) is 5.41 Å². The van der Waals surface area contributed by atoms with E-state index in [0.717, 1.165) is 12.4 Å². The Hall–Kier alpha value is -1.06. The fourth-order valence-corrected chi connectivity index (χ4v) is 3.97. The summed E-state index contributed by atoms with van der Waals surface area (Å²) in [5.74, 6) is 1.07. The maximum atomic E-state index is 6.13. The molecule has 0 saturated carbocycles. The molecule has 0 radical (unpaired) electrons. The normalized spacial score (nSPS) is 15.7. The second kappa shape index (κ2) is 12.5. The largest absolute Gasteiger partial charge is 0.493 e. The summed E-state index contributed by atoms with van der Waals surface area (Å²) in [6.45, 7) is 15.9. The third-order valence-electron chi connectivity index (χ3n) is 5.78. The lowest BCUT2D eigenvalue weighted by Crippen LogP contribution is -2.43. The first-order valence-corrected chi connectivity index (χ1v) is 11.6. The molecule has 1 saturated heterocycles. The zero-order valence-corrected chi connectivity index (χ0v) is 19.0. The average Bonchev–Trinajstić information content (AvgIpc) is 2.67. The molecule has 3 heteroatoms. The molecule has 0 aliphatic carbocycles. The smallest absolute Gasteiger partial charge is 0.123 e. The Morgan fingerprint density at radius 1 is 0.893 bits per heavy atom. The lowest BCUT2D eigenvalue weighted by atomic mass is 9.85. The summed E-state index contributed by atoms with van der Waals surface area (Å²) in [5, 5.41) is 3.42. The van der Waals surface area contributed by atoms with Crippen molar-refractivity contribution >= 4 is 0 Å². The fraction of sp³-hybridized carbons (Fsp3) is 0.760. The van der Waals surface area contributed by atoms with Crippen LogP contribution in [0.5, 0.6) is 5.75 Å². The van der Waals surface area contributed by atoms with Crippen molar-refractivity contribution in [3.05, 3.63) is 29.3 Å². The van der Waals surface area contributed by atoms with Gasteiger partial charge >= 0.3 is 0 Å². The molecule has 1 aromatic rings. The maximum Gasteiger partial charge on any atom is 0.123 e. The first-order chi connectivity index (χ1) is 13.5. The number of hydrogen-bond donors (Lipinski definition) is 1. The molecule has 2 rings (SSSR count). The molecule has 0 spiro atoms. The van der Waals surface area contributed by atoms with E-state index in [1.165, 1.54) is 95.2 Å². The fourth-order valence-electron chi connectivity index (χ4n) is 3.97. The summed E-state index contributed by atoms with van der Waals surface area (Å²) in [6.07, 6.45) is 10.8. The zero-order chi connectivity index (χ0) is 20.2. The van der Waals surface area contributed by atoms with E-state index >= 15 is 0 Å². The van der Waals surface area contributed by atoms with Crippen LogP contribution in [-0.4, -0.2) is 44.2 Å². The minimum Gasteiger partial charge on any atom is -0.493 e. The second-order valence-electron chi connectivity index (χ2n) is 9.52. The second-order valence-corrected chi connectivity index (χ2v) is 9.52. The zero-order valence-electron chi connectivity index (χ0n) is 19.0. The van der Waals surface area contributed by atoms with Crippen LogP contribution in [0.4, 0.5) is 0 Å². The van der Waals surface area contributed by atoms with Gasteiger partial charge in [0.1, 0.15) is 5.75 Å². The van der Waals surface area contributed by atoms with Crippen LogP contribution >= 0.6 is 0 Å². The van der Waals surface area contributed by atoms with Crippen molar-refractivity contribution in [2.45, 2.75) is 84.5 Å². The van der Waals surface area contributed by atoms with Crippen molar-refractivity contribution in [3.8, 4) is 5.75 Å². The van der Waals surface area contributed by atoms with Crippen molar-refractivity contribution in [1.29, 1.82) is 0 Å². The van der Waals surface area contributed by atoms with Crippen LogP contribution in [0.15, 0.2) is 18.2 Å². The summed E-state index contributed by atoms with van der Waals surface area (Å²) in [5.41, 5.74) is 2.77. The minimum atomic E-state index is 0.131. The first-order valence-electron chi connectivity index (χ1n) is 11.6. The topological polar surface area (TPSA) is 24.5 Å². The van der Waals surface area contributed by atoms with Gasteiger partial charge in [-0.15, -0.1) is 0 Å². The van der Waals surface area contributed by atoms with E-state index < -0.39 is 0 Å². The highest BCUT2D eigenvalue weighted by Crippen LogP contribution is 2.32. The molecule has 1 fully saturated rings. The maximum absolute atomic E-state index is 6.13. The SMILES string of the molecule is Cc1ccc(OCCCCCCCCCCN2CCNCC2)c(C(C)(C)C)c1. The number of aryl methyl sites for hydroxylation is 1. The van der Waals surface area contributed by atoms with Gasteiger partial charge in [0.25, 0.3) is 0 Å². The van der Waals surface area contributed by atoms with Gasteiger partial charge in [-0.25, -0.2) is 0 Å². The van der Waals surface area contributed by atoms with Crippen LogP contribution in [0, 0.1) is 6.92 Å². The third kappa shape index (κ3) is 8.96. The molecular weight excluding hydrogens is 344 g/mol. The van der Waals surface area contributed by atoms with E-state index in [1.54, 1.807) is 0 Å². The van der Waals surface area contributed by atoms with Crippen LogP contribution in [0.2, 0.25) is 0 Å². The molecule has 1 N–H and O–H groups in total. The Morgan fingerprint density at radius 2 is 1.50 bits per heavy atom. The lowest BCUT2D eigenvalue weighted by Gasteiger charge is -2.27. The molecule has 28 heavy (non-hydrogen) atoms. The highest BCUT2D eigenvalue weighted by molar-refractivity contribution is 5.41. The Morgan fingerprint density at radius 3 is 2.14 bits per heavy atom. The van der Waals surface area contributed by atoms with Gasteiger partial charge in [0.15, 0.2) is 0 Å². The number of unbranched alkanes of at least 4 members (excludes halogenated alkanes) is 7. The van der Waals surface area contributed by atoms with Crippen LogP contribution in [0.1, 0.15) is 83.3 Å². The number of nitrogens with one attached hydrogen (secondary N) is 1. The molecule has 160 valence electrons. The highest BCUT2D eigenvalue weighted by atomic mass is 16.5. The van der Waals surface area contributed by atoms with Gasteiger partial charge in [-0.3, -0.25) is 0 Å². The average molecular weight is 389 g/mol. The van der Waals surface area contributed by atoms with E-state index in [0.29, 0.717) is 0 Å². The van der Waals surface area contributed by atoms with Crippen LogP contribution in [0.25, 0.3) is 0 Å². The van der Waals surface area contributed by atoms with Crippen LogP contribution in [0.3, 0.4) is 0 Å². The number of ether oxygens (including phenoxy) is 1. The van der Waals surface area contributed by atoms with Gasteiger partial charge in [-0.05, 0) is 43.4 Å². The van der Waals surface area contributed by atoms with E-state index in [2.05, 4.69) is 56.1 Å². The quantitative estimate of drug-likeness (QED) is 0.465. The summed E-state index contributed by atoms with van der Waals surface area (Å²) in [7, 11) is 0. The van der Waals surface area contributed by atoms with Crippen molar-refractivity contribution in [2.24, 2.45) is 0 Å². The predicted molar refractivity (Wildman–Crippen MR) is 122 cm³/mol. The summed E-state index contributed by atoms with van der Waals surface area (Å²) in [6, 6.07) is 6.58. The molecule has 1 heterocycles. The van der Waals surface area contributed by atoms with Crippen molar-refractivity contribution in [1.82, 2.24) is 10.2 Å². The number of rotatable bonds is 12. The molecule has 1 aliphatic rings. The summed E-state index contributed by atoms with van der Waals surface area (Å²) >= 11 is 0. The predicted octanol–water partition coefficient (Wildman–Crippen LogP) is 5.70. The monoisotopic (exact) mass is 388 g/mol. The van der Waals surface area contributed by atoms with Gasteiger partial charge in [0, 0.05) is 26.2 Å². The van der Waals surface area contributed by atoms with E-state index in [9.17, 15) is 0 Å². The number of benzene rings is 1. The van der Waals surface area contributed by atoms with Crippen molar-refractivity contribution < 1.29 is 4.74 Å². The Kier molecular flexibility index (Phi) is 10.4. The molecule has 1 aliphatic heterocycles. The van der Waals surface area contributed by atoms with Crippen LogP contribution in [-0.2, 0) is 5.41 Å². The third-order valence-corrected chi connectivity index (χ3v) is 5.78. The molecule has 0 amide bonds. The molecule has 0 atom stereocenters. The molecule has 1 aromatic carbocycles. The van der Waals surface area contributed by atoms with Crippen LogP contribution < -0.4 is 10.1 Å². The van der Waals surface area contributed by atoms with Gasteiger partial charge in [-0.1, -0.05) is 77.0 Å². The van der Waals surface area contributed by atoms with Gasteiger partial charge in [0.05, 0.1) is 6.61 Å². The Labute approximate surface area is 174 Å². The number of hydrogen-bond acceptors (Lipinski definition) is 3. The molecule has 3 nitrogen and oxygen atoms in total. The van der Waals surface area contributed by atoms with Gasteiger partial charge < -0.3 is 15.0 Å². The molecular formula is C25H44N2O. The van der Waals surface area contributed by atoms with Gasteiger partial charge in [0.2, 0.25) is 0 Å². The summed E-state index contributed by atoms with van der Waals surface area (Å²) in [4.78, 5) is 2.61. The lowest BCUT2D eigenvalue weighted by molar-refractivity contribution is 0.236. The Balaban J connectivity index is 1.47. The Bertz CT molecular complexity index is 544. The van der Waals surface area contributed by atoms with Crippen molar-refractivity contribution in [2.75, 3.05) is 39.3 Å². The molecule has 0 unspecified atom stereocenters. The molecule has 0 bridgehead atoms. The summed E-state index contributed by atoms with van der Waals surface area (Å²) < 4.78 is 6.13. The minimum absolute atomic E-state index is 0.131. The van der Waals surface area contributed by atoms with Gasteiger partial charge in [-0.2, -0.15) is 0 Å². The standard InChI is InChI=1S/C25H44N2O/c1-22-13-14-24(23(21-22)25(2,3)4)28-20-12-10-8-6-5-7-9-11-17-27-18-15-26-16-19-27/h13-14,21,26H,5-12,15-20H2,1-4H3. The van der Waals surface area contributed by atoms with Crippen molar-refractivity contribution in [3.63, 3.8) is 0 Å².